The summed E-state index contributed by atoms with van der Waals surface area (Å²) >= 11 is 0. The molecule has 0 spiro atoms. The Morgan fingerprint density at radius 1 is 1.19 bits per heavy atom. The highest BCUT2D eigenvalue weighted by Gasteiger charge is 2.46. The van der Waals surface area contributed by atoms with E-state index in [1.54, 1.807) is 27.7 Å². The Kier molecular flexibility index (Phi) is 11.6. The fourth-order valence-electron chi connectivity index (χ4n) is 4.73. The van der Waals surface area contributed by atoms with Crippen LogP contribution in [0.4, 0.5) is 9.18 Å². The van der Waals surface area contributed by atoms with Crippen LogP contribution in [0.15, 0.2) is 11.6 Å². The molecule has 10 heteroatoms. The van der Waals surface area contributed by atoms with Gasteiger partial charge in [0, 0.05) is 6.54 Å². The molecule has 0 aromatic carbocycles. The summed E-state index contributed by atoms with van der Waals surface area (Å²) in [6.07, 6.45) is -0.687. The van der Waals surface area contributed by atoms with Gasteiger partial charge in [-0.15, -0.1) is 0 Å². The van der Waals surface area contributed by atoms with Crippen molar-refractivity contribution in [2.45, 2.75) is 128 Å². The van der Waals surface area contributed by atoms with Gasteiger partial charge in [0.25, 0.3) is 0 Å². The second-order valence-corrected chi connectivity index (χ2v) is 10.7. The topological polar surface area (TPSA) is 129 Å². The Labute approximate surface area is 214 Å². The number of halogens is 1. The lowest BCUT2D eigenvalue weighted by atomic mass is 9.89. The fourth-order valence-corrected chi connectivity index (χ4v) is 4.73. The van der Waals surface area contributed by atoms with Crippen LogP contribution < -0.4 is 5.32 Å². The highest BCUT2D eigenvalue weighted by molar-refractivity contribution is 5.86. The Morgan fingerprint density at radius 2 is 1.89 bits per heavy atom. The number of ether oxygens (including phenoxy) is 2. The predicted octanol–water partition coefficient (Wildman–Crippen LogP) is 2.61. The van der Waals surface area contributed by atoms with E-state index in [0.29, 0.717) is 38.5 Å². The SMILES string of the molecule is CCC(NC(=O)C1CC=C(CCCCF)CCN1C(=O)OC(C)(C)C)C1OC(CC)C(O)C(O)C1O. The van der Waals surface area contributed by atoms with Crippen LogP contribution in [0.3, 0.4) is 0 Å². The minimum Gasteiger partial charge on any atom is -0.444 e. The van der Waals surface area contributed by atoms with E-state index in [4.69, 9.17) is 9.47 Å². The first-order valence-corrected chi connectivity index (χ1v) is 13.2. The molecule has 2 heterocycles. The van der Waals surface area contributed by atoms with Gasteiger partial charge < -0.3 is 30.1 Å². The summed E-state index contributed by atoms with van der Waals surface area (Å²) in [7, 11) is 0. The molecule has 1 fully saturated rings. The van der Waals surface area contributed by atoms with Crippen LogP contribution in [0.5, 0.6) is 0 Å². The molecule has 0 aromatic heterocycles. The van der Waals surface area contributed by atoms with Crippen molar-refractivity contribution in [2.24, 2.45) is 0 Å². The van der Waals surface area contributed by atoms with Crippen molar-refractivity contribution in [1.29, 1.82) is 0 Å². The quantitative estimate of drug-likeness (QED) is 0.274. The van der Waals surface area contributed by atoms with Crippen molar-refractivity contribution in [3.63, 3.8) is 0 Å². The zero-order valence-corrected chi connectivity index (χ0v) is 22.3. The molecular weight excluding hydrogens is 471 g/mol. The number of nitrogens with zero attached hydrogens (tertiary/aromatic N) is 1. The molecule has 0 aromatic rings. The van der Waals surface area contributed by atoms with E-state index in [1.807, 2.05) is 13.0 Å². The van der Waals surface area contributed by atoms with Gasteiger partial charge in [-0.2, -0.15) is 0 Å². The van der Waals surface area contributed by atoms with E-state index in [-0.39, 0.29) is 19.6 Å². The van der Waals surface area contributed by atoms with Gasteiger partial charge in [0.05, 0.1) is 18.8 Å². The molecule has 2 aliphatic rings. The van der Waals surface area contributed by atoms with Crippen molar-refractivity contribution >= 4 is 12.0 Å². The minimum atomic E-state index is -1.40. The fraction of sp³-hybridized carbons (Fsp3) is 0.846. The maximum atomic E-state index is 13.5. The van der Waals surface area contributed by atoms with Crippen LogP contribution in [0.2, 0.25) is 0 Å². The molecule has 9 nitrogen and oxygen atoms in total. The lowest BCUT2D eigenvalue weighted by Gasteiger charge is -2.44. The standard InChI is InChI=1S/C26H45FN2O7/c1-6-17(23-22(32)21(31)20(30)19(7-2)35-23)28-24(33)18-12-11-16(10-8-9-14-27)13-15-29(18)25(34)36-26(3,4)5/h11,17-23,30-32H,6-10,12-15H2,1-5H3,(H,28,33). The molecule has 4 N–H and O–H groups in total. The summed E-state index contributed by atoms with van der Waals surface area (Å²) in [4.78, 5) is 28.0. The maximum absolute atomic E-state index is 13.5. The van der Waals surface area contributed by atoms with Crippen molar-refractivity contribution < 1.29 is 38.8 Å². The summed E-state index contributed by atoms with van der Waals surface area (Å²) in [5, 5.41) is 34.0. The number of unbranched alkanes of at least 4 members (excludes halogenated alkanes) is 1. The normalized spacial score (nSPS) is 30.2. The molecule has 2 aliphatic heterocycles. The molecule has 0 aliphatic carbocycles. The molecule has 2 amide bonds. The largest absolute Gasteiger partial charge is 0.444 e. The predicted molar refractivity (Wildman–Crippen MR) is 133 cm³/mol. The molecule has 208 valence electrons. The van der Waals surface area contributed by atoms with Gasteiger partial charge in [0.1, 0.15) is 36.1 Å². The Balaban J connectivity index is 2.22. The summed E-state index contributed by atoms with van der Waals surface area (Å²) < 4.78 is 24.0. The lowest BCUT2D eigenvalue weighted by molar-refractivity contribution is -0.229. The first-order chi connectivity index (χ1) is 16.9. The van der Waals surface area contributed by atoms with Gasteiger partial charge >= 0.3 is 6.09 Å². The van der Waals surface area contributed by atoms with Crippen molar-refractivity contribution in [2.75, 3.05) is 13.2 Å². The number of aliphatic hydroxyl groups is 3. The van der Waals surface area contributed by atoms with E-state index in [9.17, 15) is 29.3 Å². The molecule has 7 atom stereocenters. The molecule has 0 saturated carbocycles. The van der Waals surface area contributed by atoms with Gasteiger partial charge in [-0.1, -0.05) is 25.5 Å². The maximum Gasteiger partial charge on any atom is 0.410 e. The second-order valence-electron chi connectivity index (χ2n) is 10.7. The number of amides is 2. The molecule has 2 rings (SSSR count). The molecule has 36 heavy (non-hydrogen) atoms. The molecular formula is C26H45FN2O7. The second kappa shape index (κ2) is 13.7. The van der Waals surface area contributed by atoms with Crippen LogP contribution in [-0.4, -0.2) is 93.6 Å². The van der Waals surface area contributed by atoms with Crippen LogP contribution in [0.25, 0.3) is 0 Å². The third-order valence-electron chi connectivity index (χ3n) is 6.81. The van der Waals surface area contributed by atoms with Crippen molar-refractivity contribution in [3.8, 4) is 0 Å². The monoisotopic (exact) mass is 516 g/mol. The van der Waals surface area contributed by atoms with E-state index in [1.165, 1.54) is 4.90 Å². The highest BCUT2D eigenvalue weighted by Crippen LogP contribution is 2.27. The summed E-state index contributed by atoms with van der Waals surface area (Å²) in [5.74, 6) is -0.418. The molecule has 7 unspecified atom stereocenters. The number of hydrogen-bond donors (Lipinski definition) is 4. The molecule has 0 bridgehead atoms. The van der Waals surface area contributed by atoms with E-state index < -0.39 is 60.2 Å². The van der Waals surface area contributed by atoms with Gasteiger partial charge in [-0.05, 0) is 65.7 Å². The Hall–Kier alpha value is -1.75. The third kappa shape index (κ3) is 8.13. The van der Waals surface area contributed by atoms with E-state index in [2.05, 4.69) is 5.32 Å². The summed E-state index contributed by atoms with van der Waals surface area (Å²) in [5.41, 5.74) is 0.341. The number of aliphatic hydroxyl groups excluding tert-OH is 3. The highest BCUT2D eigenvalue weighted by atomic mass is 19.1. The summed E-state index contributed by atoms with van der Waals surface area (Å²) in [6.45, 7) is 8.82. The van der Waals surface area contributed by atoms with Crippen molar-refractivity contribution in [1.82, 2.24) is 10.2 Å². The van der Waals surface area contributed by atoms with Crippen LogP contribution in [-0.2, 0) is 14.3 Å². The number of carbonyl (C=O) groups excluding carboxylic acids is 2. The van der Waals surface area contributed by atoms with Gasteiger partial charge in [-0.25, -0.2) is 4.79 Å². The first kappa shape index (κ1) is 30.5. The molecule has 1 saturated heterocycles. The molecule has 0 radical (unpaired) electrons. The summed E-state index contributed by atoms with van der Waals surface area (Å²) in [6, 6.07) is -1.49. The van der Waals surface area contributed by atoms with Gasteiger partial charge in [-0.3, -0.25) is 14.1 Å². The Bertz CT molecular complexity index is 755. The first-order valence-electron chi connectivity index (χ1n) is 13.2. The minimum absolute atomic E-state index is 0.277. The average Bonchev–Trinajstić information content (AvgIpc) is 3.03. The van der Waals surface area contributed by atoms with E-state index >= 15 is 0 Å². The third-order valence-corrected chi connectivity index (χ3v) is 6.81. The number of rotatable bonds is 9. The number of carbonyl (C=O) groups is 2. The van der Waals surface area contributed by atoms with Gasteiger partial charge in [0.15, 0.2) is 0 Å². The smallest absolute Gasteiger partial charge is 0.410 e. The van der Waals surface area contributed by atoms with Crippen LogP contribution >= 0.6 is 0 Å². The van der Waals surface area contributed by atoms with E-state index in [0.717, 1.165) is 5.57 Å². The zero-order chi connectivity index (χ0) is 27.0. The number of alkyl halides is 1. The van der Waals surface area contributed by atoms with Crippen LogP contribution in [0.1, 0.15) is 79.6 Å². The Morgan fingerprint density at radius 3 is 2.47 bits per heavy atom. The lowest BCUT2D eigenvalue weighted by Crippen LogP contribution is -2.64. The number of nitrogens with one attached hydrogen (secondary N) is 1. The van der Waals surface area contributed by atoms with Gasteiger partial charge in [0.2, 0.25) is 5.91 Å². The van der Waals surface area contributed by atoms with Crippen molar-refractivity contribution in [3.05, 3.63) is 11.6 Å². The van der Waals surface area contributed by atoms with Crippen LogP contribution in [0, 0.1) is 0 Å². The number of hydrogen-bond acceptors (Lipinski definition) is 7. The average molecular weight is 517 g/mol. The zero-order valence-electron chi connectivity index (χ0n) is 22.3.